The molecule has 0 fully saturated rings. The van der Waals surface area contributed by atoms with Crippen molar-refractivity contribution in [2.45, 2.75) is 13.0 Å². The summed E-state index contributed by atoms with van der Waals surface area (Å²) >= 11 is 0. The largest absolute Gasteiger partial charge is 0.332 e. The quantitative estimate of drug-likeness (QED) is 0.684. The van der Waals surface area contributed by atoms with E-state index in [0.717, 1.165) is 18.1 Å². The fourth-order valence-electron chi connectivity index (χ4n) is 3.31. The Balaban J connectivity index is 1.76. The van der Waals surface area contributed by atoms with Gasteiger partial charge >= 0.3 is 0 Å². The molecule has 3 aromatic rings. The minimum atomic E-state index is -0.531. The molecule has 1 aliphatic rings. The van der Waals surface area contributed by atoms with Crippen molar-refractivity contribution >= 4 is 16.8 Å². The van der Waals surface area contributed by atoms with Gasteiger partial charge in [0.05, 0.1) is 10.9 Å². The Kier molecular flexibility index (Phi) is 3.60. The van der Waals surface area contributed by atoms with Crippen LogP contribution < -0.4 is 5.43 Å². The lowest BCUT2D eigenvalue weighted by Gasteiger charge is -2.28. The molecule has 0 atom stereocenters. The molecular formula is C19H16FN3O2. The number of carbonyl (C=O) groups is 1. The smallest absolute Gasteiger partial charge is 0.278 e. The van der Waals surface area contributed by atoms with Crippen LogP contribution in [0.5, 0.6) is 0 Å². The molecule has 0 saturated carbocycles. The van der Waals surface area contributed by atoms with Crippen molar-refractivity contribution in [3.63, 3.8) is 0 Å². The maximum Gasteiger partial charge on any atom is 0.278 e. The van der Waals surface area contributed by atoms with Gasteiger partial charge in [-0.1, -0.05) is 24.3 Å². The van der Waals surface area contributed by atoms with Gasteiger partial charge in [-0.2, -0.15) is 5.10 Å². The van der Waals surface area contributed by atoms with E-state index in [4.69, 9.17) is 0 Å². The van der Waals surface area contributed by atoms with E-state index in [9.17, 15) is 14.0 Å². The standard InChI is InChI=1S/C19H16FN3O2/c1-22-16-7-6-14(20)10-15(16)18(24)17(21-22)19(25)23-9-8-12-4-2-3-5-13(12)11-23/h2-7,10H,8-9,11H2,1H3. The van der Waals surface area contributed by atoms with E-state index in [0.29, 0.717) is 18.6 Å². The molecule has 2 aromatic carbocycles. The summed E-state index contributed by atoms with van der Waals surface area (Å²) in [6.07, 6.45) is 0.741. The summed E-state index contributed by atoms with van der Waals surface area (Å²) in [6, 6.07) is 11.9. The number of rotatable bonds is 1. The Hall–Kier alpha value is -3.02. The van der Waals surface area contributed by atoms with Gasteiger partial charge in [-0.05, 0) is 35.7 Å². The van der Waals surface area contributed by atoms with Crippen molar-refractivity contribution in [2.24, 2.45) is 7.05 Å². The number of hydrogen-bond donors (Lipinski definition) is 0. The molecule has 6 heteroatoms. The first-order valence-electron chi connectivity index (χ1n) is 8.07. The molecule has 0 saturated heterocycles. The van der Waals surface area contributed by atoms with Gasteiger partial charge in [-0.15, -0.1) is 0 Å². The third-order valence-corrected chi connectivity index (χ3v) is 4.64. The summed E-state index contributed by atoms with van der Waals surface area (Å²) in [5, 5.41) is 4.32. The van der Waals surface area contributed by atoms with E-state index < -0.39 is 17.2 Å². The van der Waals surface area contributed by atoms with Crippen LogP contribution in [0.1, 0.15) is 21.6 Å². The van der Waals surface area contributed by atoms with Crippen LogP contribution in [0.25, 0.3) is 10.9 Å². The Bertz CT molecular complexity index is 1060. The lowest BCUT2D eigenvalue weighted by molar-refractivity contribution is 0.0725. The Morgan fingerprint density at radius 3 is 2.72 bits per heavy atom. The van der Waals surface area contributed by atoms with Crippen LogP contribution in [0.3, 0.4) is 0 Å². The lowest BCUT2D eigenvalue weighted by atomic mass is 9.99. The van der Waals surface area contributed by atoms with Crippen LogP contribution in [0.15, 0.2) is 47.3 Å². The average molecular weight is 337 g/mol. The number of hydrogen-bond acceptors (Lipinski definition) is 3. The number of nitrogens with zero attached hydrogens (tertiary/aromatic N) is 3. The van der Waals surface area contributed by atoms with Crippen molar-refractivity contribution in [2.75, 3.05) is 6.54 Å². The highest BCUT2D eigenvalue weighted by molar-refractivity contribution is 5.95. The summed E-state index contributed by atoms with van der Waals surface area (Å²) in [4.78, 5) is 27.2. The van der Waals surface area contributed by atoms with Crippen molar-refractivity contribution < 1.29 is 9.18 Å². The molecule has 1 amide bonds. The van der Waals surface area contributed by atoms with Crippen LogP contribution >= 0.6 is 0 Å². The molecule has 0 radical (unpaired) electrons. The van der Waals surface area contributed by atoms with Crippen molar-refractivity contribution in [1.82, 2.24) is 14.7 Å². The van der Waals surface area contributed by atoms with Gasteiger partial charge in [0.15, 0.2) is 5.69 Å². The lowest BCUT2D eigenvalue weighted by Crippen LogP contribution is -2.39. The fourth-order valence-corrected chi connectivity index (χ4v) is 3.31. The number of fused-ring (bicyclic) bond motifs is 2. The summed E-state index contributed by atoms with van der Waals surface area (Å²) in [5.74, 6) is -0.928. The summed E-state index contributed by atoms with van der Waals surface area (Å²) in [6.45, 7) is 0.975. The maximum atomic E-state index is 13.5. The summed E-state index contributed by atoms with van der Waals surface area (Å²) in [7, 11) is 1.64. The molecule has 5 nitrogen and oxygen atoms in total. The van der Waals surface area contributed by atoms with Gasteiger partial charge in [0.25, 0.3) is 5.91 Å². The van der Waals surface area contributed by atoms with Crippen molar-refractivity contribution in [3.8, 4) is 0 Å². The van der Waals surface area contributed by atoms with Crippen LogP contribution in [0.4, 0.5) is 4.39 Å². The monoisotopic (exact) mass is 337 g/mol. The predicted octanol–water partition coefficient (Wildman–Crippen LogP) is 2.27. The highest BCUT2D eigenvalue weighted by Crippen LogP contribution is 2.20. The van der Waals surface area contributed by atoms with E-state index in [-0.39, 0.29) is 11.1 Å². The summed E-state index contributed by atoms with van der Waals surface area (Å²) in [5.41, 5.74) is 2.09. The number of aryl methyl sites for hydroxylation is 1. The van der Waals surface area contributed by atoms with Gasteiger partial charge in [-0.25, -0.2) is 4.39 Å². The predicted molar refractivity (Wildman–Crippen MR) is 91.8 cm³/mol. The minimum absolute atomic E-state index is 0.165. The fraction of sp³-hybridized carbons (Fsp3) is 0.211. The molecule has 1 aliphatic heterocycles. The number of carbonyl (C=O) groups excluding carboxylic acids is 1. The summed E-state index contributed by atoms with van der Waals surface area (Å²) < 4.78 is 15.0. The zero-order chi connectivity index (χ0) is 17.6. The van der Waals surface area contributed by atoms with E-state index in [1.54, 1.807) is 11.9 Å². The molecule has 0 unspecified atom stereocenters. The number of amides is 1. The highest BCUT2D eigenvalue weighted by atomic mass is 19.1. The minimum Gasteiger partial charge on any atom is -0.332 e. The van der Waals surface area contributed by atoms with Gasteiger partial charge in [-0.3, -0.25) is 14.3 Å². The third kappa shape index (κ3) is 2.59. The number of halogens is 1. The van der Waals surface area contributed by atoms with Crippen LogP contribution in [0.2, 0.25) is 0 Å². The second-order valence-corrected chi connectivity index (χ2v) is 6.21. The Labute approximate surface area is 143 Å². The van der Waals surface area contributed by atoms with E-state index >= 15 is 0 Å². The highest BCUT2D eigenvalue weighted by Gasteiger charge is 2.25. The number of benzene rings is 2. The second-order valence-electron chi connectivity index (χ2n) is 6.21. The normalized spacial score (nSPS) is 13.8. The van der Waals surface area contributed by atoms with Crippen LogP contribution in [-0.4, -0.2) is 27.1 Å². The molecule has 0 aliphatic carbocycles. The topological polar surface area (TPSA) is 55.2 Å². The molecule has 126 valence electrons. The molecule has 2 heterocycles. The van der Waals surface area contributed by atoms with E-state index in [1.807, 2.05) is 24.3 Å². The van der Waals surface area contributed by atoms with Crippen LogP contribution in [0, 0.1) is 5.82 Å². The van der Waals surface area contributed by atoms with Gasteiger partial charge in [0.1, 0.15) is 5.82 Å². The van der Waals surface area contributed by atoms with Gasteiger partial charge in [0, 0.05) is 20.1 Å². The molecule has 0 N–H and O–H groups in total. The SMILES string of the molecule is Cn1nc(C(=O)N2CCc3ccccc3C2)c(=O)c2cc(F)ccc21. The van der Waals surface area contributed by atoms with Crippen LogP contribution in [-0.2, 0) is 20.0 Å². The van der Waals surface area contributed by atoms with Gasteiger partial charge in [0.2, 0.25) is 5.43 Å². The average Bonchev–Trinajstić information content (AvgIpc) is 2.63. The third-order valence-electron chi connectivity index (χ3n) is 4.64. The van der Waals surface area contributed by atoms with Crippen molar-refractivity contribution in [3.05, 3.63) is 75.3 Å². The molecule has 4 rings (SSSR count). The Morgan fingerprint density at radius 1 is 1.16 bits per heavy atom. The second kappa shape index (κ2) is 5.81. The molecule has 1 aromatic heterocycles. The Morgan fingerprint density at radius 2 is 1.92 bits per heavy atom. The molecular weight excluding hydrogens is 321 g/mol. The van der Waals surface area contributed by atoms with E-state index in [1.165, 1.54) is 22.4 Å². The first kappa shape index (κ1) is 15.5. The first-order chi connectivity index (χ1) is 12.0. The molecule has 0 bridgehead atoms. The first-order valence-corrected chi connectivity index (χ1v) is 8.07. The zero-order valence-corrected chi connectivity index (χ0v) is 13.7. The zero-order valence-electron chi connectivity index (χ0n) is 13.7. The van der Waals surface area contributed by atoms with E-state index in [2.05, 4.69) is 5.10 Å². The maximum absolute atomic E-state index is 13.5. The molecule has 25 heavy (non-hydrogen) atoms. The van der Waals surface area contributed by atoms with Gasteiger partial charge < -0.3 is 4.90 Å². The number of aromatic nitrogens is 2. The molecule has 0 spiro atoms. The van der Waals surface area contributed by atoms with Crippen molar-refractivity contribution in [1.29, 1.82) is 0 Å².